The Labute approximate surface area is 160 Å². The molecule has 2 N–H and O–H groups in total. The number of benzene rings is 4. The normalized spacial score (nSPS) is 11.5. The minimum absolute atomic E-state index is 0.365. The van der Waals surface area contributed by atoms with E-state index in [4.69, 9.17) is 5.73 Å². The average molecular weight is 367 g/mol. The summed E-state index contributed by atoms with van der Waals surface area (Å²) in [4.78, 5) is 12.0. The third-order valence-electron chi connectivity index (χ3n) is 5.18. The van der Waals surface area contributed by atoms with Crippen molar-refractivity contribution in [3.05, 3.63) is 95.8 Å². The maximum absolute atomic E-state index is 14.0. The van der Waals surface area contributed by atoms with Crippen molar-refractivity contribution in [2.24, 2.45) is 5.73 Å². The van der Waals surface area contributed by atoms with E-state index in [2.05, 4.69) is 36.4 Å². The molecule has 0 aliphatic heterocycles. The molecule has 0 atom stereocenters. The first-order valence-electron chi connectivity index (χ1n) is 9.01. The number of hydrogen-bond donors (Lipinski definition) is 1. The standard InChI is InChI=1S/C24H16FN2O/c25-18-10-11-19-22(13-18)27(21-7-3-6-20(23(19)21)24(26)28)14-15-8-9-16-4-1-2-5-17(16)12-15/h1-10,12-13H,14H2,(H2,26,28). The van der Waals surface area contributed by atoms with E-state index in [1.807, 2.05) is 22.8 Å². The van der Waals surface area contributed by atoms with Crippen molar-refractivity contribution in [3.8, 4) is 0 Å². The summed E-state index contributed by atoms with van der Waals surface area (Å²) < 4.78 is 16.0. The molecule has 4 heteroatoms. The summed E-state index contributed by atoms with van der Waals surface area (Å²) in [5, 5.41) is 3.73. The van der Waals surface area contributed by atoms with E-state index in [1.54, 1.807) is 12.1 Å². The third-order valence-corrected chi connectivity index (χ3v) is 5.18. The predicted molar refractivity (Wildman–Crippen MR) is 110 cm³/mol. The molecule has 28 heavy (non-hydrogen) atoms. The fraction of sp³-hybridized carbons (Fsp3) is 0.0417. The van der Waals surface area contributed by atoms with Gasteiger partial charge in [-0.15, -0.1) is 0 Å². The van der Waals surface area contributed by atoms with Crippen LogP contribution in [0.1, 0.15) is 15.9 Å². The van der Waals surface area contributed by atoms with Gasteiger partial charge in [-0.2, -0.15) is 0 Å². The lowest BCUT2D eigenvalue weighted by Crippen LogP contribution is -2.11. The summed E-state index contributed by atoms with van der Waals surface area (Å²) in [5.74, 6) is -0.872. The summed E-state index contributed by atoms with van der Waals surface area (Å²) in [6, 6.07) is 25.6. The van der Waals surface area contributed by atoms with Crippen molar-refractivity contribution in [1.82, 2.24) is 4.57 Å². The number of primary amides is 1. The average Bonchev–Trinajstić information content (AvgIpc) is 3.01. The summed E-state index contributed by atoms with van der Waals surface area (Å²) in [7, 11) is 0. The molecule has 1 radical (unpaired) electrons. The van der Waals surface area contributed by atoms with Crippen molar-refractivity contribution in [3.63, 3.8) is 0 Å². The molecule has 0 aliphatic carbocycles. The van der Waals surface area contributed by atoms with Crippen LogP contribution < -0.4 is 5.73 Å². The van der Waals surface area contributed by atoms with Crippen LogP contribution in [-0.4, -0.2) is 10.5 Å². The van der Waals surface area contributed by atoms with E-state index in [-0.39, 0.29) is 5.82 Å². The Morgan fingerprint density at radius 2 is 1.79 bits per heavy atom. The molecule has 0 bridgehead atoms. The molecule has 1 heterocycles. The predicted octanol–water partition coefficient (Wildman–Crippen LogP) is 5.03. The molecule has 4 aromatic carbocycles. The number of hydrogen-bond acceptors (Lipinski definition) is 1. The number of fused-ring (bicyclic) bond motifs is 4. The lowest BCUT2D eigenvalue weighted by molar-refractivity contribution is 0.100. The van der Waals surface area contributed by atoms with Gasteiger partial charge < -0.3 is 10.3 Å². The molecule has 5 rings (SSSR count). The smallest absolute Gasteiger partial charge is 0.249 e. The molecular weight excluding hydrogens is 351 g/mol. The van der Waals surface area contributed by atoms with Crippen LogP contribution in [0.3, 0.4) is 0 Å². The van der Waals surface area contributed by atoms with Gasteiger partial charge in [0, 0.05) is 22.9 Å². The SMILES string of the molecule is NC(=O)c1cccc2c1c1[c]cc(F)cc1n2Cc1ccc2ccccc2c1. The van der Waals surface area contributed by atoms with Gasteiger partial charge in [0.25, 0.3) is 0 Å². The molecule has 0 fully saturated rings. The fourth-order valence-electron chi connectivity index (χ4n) is 3.93. The van der Waals surface area contributed by atoms with Crippen LogP contribution in [0, 0.1) is 11.9 Å². The molecule has 1 aromatic heterocycles. The molecule has 3 nitrogen and oxygen atoms in total. The number of nitrogens with two attached hydrogens (primary N) is 1. The van der Waals surface area contributed by atoms with Gasteiger partial charge in [0.15, 0.2) is 0 Å². The largest absolute Gasteiger partial charge is 0.366 e. The number of nitrogens with zero attached hydrogens (tertiary/aromatic N) is 1. The summed E-state index contributed by atoms with van der Waals surface area (Å²) >= 11 is 0. The third kappa shape index (κ3) is 2.54. The molecule has 1 amide bonds. The second-order valence-corrected chi connectivity index (χ2v) is 6.91. The van der Waals surface area contributed by atoms with Crippen LogP contribution in [0.25, 0.3) is 32.6 Å². The summed E-state index contributed by atoms with van der Waals surface area (Å²) in [6.45, 7) is 0.546. The molecule has 0 aliphatic rings. The second-order valence-electron chi connectivity index (χ2n) is 6.91. The van der Waals surface area contributed by atoms with Gasteiger partial charge in [-0.3, -0.25) is 4.79 Å². The minimum atomic E-state index is -0.506. The van der Waals surface area contributed by atoms with E-state index < -0.39 is 5.91 Å². The van der Waals surface area contributed by atoms with Crippen molar-refractivity contribution < 1.29 is 9.18 Å². The Bertz CT molecular complexity index is 1380. The zero-order valence-electron chi connectivity index (χ0n) is 14.9. The lowest BCUT2D eigenvalue weighted by atomic mass is 10.1. The Kier molecular flexibility index (Phi) is 3.66. The van der Waals surface area contributed by atoms with Gasteiger partial charge >= 0.3 is 0 Å². The van der Waals surface area contributed by atoms with Crippen LogP contribution >= 0.6 is 0 Å². The van der Waals surface area contributed by atoms with Crippen molar-refractivity contribution in [2.45, 2.75) is 6.54 Å². The van der Waals surface area contributed by atoms with Gasteiger partial charge in [-0.1, -0.05) is 42.5 Å². The number of amides is 1. The summed E-state index contributed by atoms with van der Waals surface area (Å²) in [5.41, 5.74) is 8.62. The number of carbonyl (C=O) groups excluding carboxylic acids is 1. The van der Waals surface area contributed by atoms with Gasteiger partial charge in [0.2, 0.25) is 5.91 Å². The Hall–Kier alpha value is -3.66. The minimum Gasteiger partial charge on any atom is -0.366 e. The number of aromatic nitrogens is 1. The number of carbonyl (C=O) groups is 1. The topological polar surface area (TPSA) is 48.0 Å². The van der Waals surface area contributed by atoms with E-state index in [9.17, 15) is 9.18 Å². The highest BCUT2D eigenvalue weighted by Gasteiger charge is 2.17. The van der Waals surface area contributed by atoms with Crippen LogP contribution in [0.15, 0.2) is 72.8 Å². The van der Waals surface area contributed by atoms with E-state index in [1.165, 1.54) is 17.5 Å². The first-order valence-corrected chi connectivity index (χ1v) is 9.01. The first-order chi connectivity index (χ1) is 13.6. The van der Waals surface area contributed by atoms with Gasteiger partial charge in [-0.25, -0.2) is 4.39 Å². The highest BCUT2D eigenvalue weighted by Crippen LogP contribution is 2.32. The van der Waals surface area contributed by atoms with Crippen LogP contribution in [-0.2, 0) is 6.54 Å². The van der Waals surface area contributed by atoms with Crippen molar-refractivity contribution in [2.75, 3.05) is 0 Å². The van der Waals surface area contributed by atoms with E-state index in [0.717, 1.165) is 16.5 Å². The van der Waals surface area contributed by atoms with Gasteiger partial charge in [0.05, 0.1) is 11.0 Å². The Morgan fingerprint density at radius 1 is 0.964 bits per heavy atom. The maximum atomic E-state index is 14.0. The van der Waals surface area contributed by atoms with Crippen LogP contribution in [0.5, 0.6) is 0 Å². The maximum Gasteiger partial charge on any atom is 0.249 e. The van der Waals surface area contributed by atoms with Crippen LogP contribution in [0.4, 0.5) is 4.39 Å². The van der Waals surface area contributed by atoms with Gasteiger partial charge in [-0.05, 0) is 52.7 Å². The molecule has 5 aromatic rings. The van der Waals surface area contributed by atoms with E-state index >= 15 is 0 Å². The van der Waals surface area contributed by atoms with Crippen molar-refractivity contribution in [1.29, 1.82) is 0 Å². The molecular formula is C24H16FN2O. The fourth-order valence-corrected chi connectivity index (χ4v) is 3.93. The highest BCUT2D eigenvalue weighted by molar-refractivity contribution is 6.17. The molecule has 0 saturated carbocycles. The molecule has 0 spiro atoms. The van der Waals surface area contributed by atoms with Crippen molar-refractivity contribution >= 4 is 38.5 Å². The van der Waals surface area contributed by atoms with Gasteiger partial charge in [0.1, 0.15) is 5.82 Å². The lowest BCUT2D eigenvalue weighted by Gasteiger charge is -2.09. The highest BCUT2D eigenvalue weighted by atomic mass is 19.1. The molecule has 0 saturated heterocycles. The number of rotatable bonds is 3. The Balaban J connectivity index is 1.78. The zero-order valence-corrected chi connectivity index (χ0v) is 14.9. The Morgan fingerprint density at radius 3 is 2.61 bits per heavy atom. The quantitative estimate of drug-likeness (QED) is 0.477. The molecule has 0 unspecified atom stereocenters. The first kappa shape index (κ1) is 16.5. The molecule has 135 valence electrons. The zero-order chi connectivity index (χ0) is 19.3. The number of halogens is 1. The monoisotopic (exact) mass is 367 g/mol. The van der Waals surface area contributed by atoms with E-state index in [0.29, 0.717) is 28.4 Å². The van der Waals surface area contributed by atoms with Crippen LogP contribution in [0.2, 0.25) is 0 Å². The summed E-state index contributed by atoms with van der Waals surface area (Å²) in [6.07, 6.45) is 0. The second kappa shape index (κ2) is 6.20.